The number of hydrogen-bond donors (Lipinski definition) is 2. The van der Waals surface area contributed by atoms with Gasteiger partial charge in [0.25, 0.3) is 0 Å². The van der Waals surface area contributed by atoms with Crippen molar-refractivity contribution in [2.45, 2.75) is 6.92 Å². The second-order valence-electron chi connectivity index (χ2n) is 3.03. The van der Waals surface area contributed by atoms with E-state index in [1.54, 1.807) is 13.0 Å². The van der Waals surface area contributed by atoms with Gasteiger partial charge < -0.3 is 4.52 Å². The molecule has 0 aliphatic rings. The summed E-state index contributed by atoms with van der Waals surface area (Å²) in [6, 6.07) is 4.46. The lowest BCUT2D eigenvalue weighted by molar-refractivity contribution is 0.432. The number of nitrogens with two attached hydrogens (primary N) is 1. The number of nitrogens with one attached hydrogen (secondary N) is 1. The molecule has 0 atom stereocenters. The van der Waals surface area contributed by atoms with E-state index in [2.05, 4.69) is 15.6 Å². The number of benzene rings is 1. The lowest BCUT2D eigenvalue weighted by Gasteiger charge is -1.99. The van der Waals surface area contributed by atoms with Crippen molar-refractivity contribution in [3.05, 3.63) is 29.6 Å². The van der Waals surface area contributed by atoms with Gasteiger partial charge in [-0.25, -0.2) is 10.2 Å². The molecule has 1 heterocycles. The molecule has 78 valence electrons. The molecule has 0 spiro atoms. The summed E-state index contributed by atoms with van der Waals surface area (Å²) in [5.74, 6) is 5.18. The van der Waals surface area contributed by atoms with Crippen molar-refractivity contribution in [1.82, 2.24) is 10.1 Å². The minimum atomic E-state index is -0.295. The van der Waals surface area contributed by atoms with Crippen LogP contribution in [0.3, 0.4) is 0 Å². The summed E-state index contributed by atoms with van der Waals surface area (Å²) < 4.78 is 17.6. The van der Waals surface area contributed by atoms with Crippen molar-refractivity contribution < 1.29 is 8.91 Å². The number of anilines is 1. The quantitative estimate of drug-likeness (QED) is 0.577. The highest BCUT2D eigenvalue weighted by Crippen LogP contribution is 2.21. The van der Waals surface area contributed by atoms with Crippen molar-refractivity contribution in [3.63, 3.8) is 0 Å². The molecule has 3 N–H and O–H groups in total. The molecular formula is C9H9FN4O. The third-order valence-electron chi connectivity index (χ3n) is 1.98. The molecule has 0 aliphatic carbocycles. The first-order valence-electron chi connectivity index (χ1n) is 4.27. The summed E-state index contributed by atoms with van der Waals surface area (Å²) in [5, 5.41) is 3.70. The van der Waals surface area contributed by atoms with Crippen LogP contribution in [0.15, 0.2) is 22.7 Å². The molecule has 0 fully saturated rings. The molecule has 15 heavy (non-hydrogen) atoms. The molecule has 2 rings (SSSR count). The maximum atomic E-state index is 12.8. The highest BCUT2D eigenvalue weighted by molar-refractivity contribution is 5.60. The molecule has 0 unspecified atom stereocenters. The molecule has 0 bridgehead atoms. The Morgan fingerprint density at radius 3 is 2.87 bits per heavy atom. The van der Waals surface area contributed by atoms with Gasteiger partial charge >= 0.3 is 6.01 Å². The number of hydrazine groups is 1. The first kappa shape index (κ1) is 9.60. The van der Waals surface area contributed by atoms with E-state index >= 15 is 0 Å². The molecule has 0 saturated carbocycles. The number of rotatable bonds is 2. The van der Waals surface area contributed by atoms with Gasteiger partial charge in [-0.1, -0.05) is 5.16 Å². The maximum absolute atomic E-state index is 12.8. The molecule has 6 heteroatoms. The molecule has 0 radical (unpaired) electrons. The van der Waals surface area contributed by atoms with Crippen molar-refractivity contribution in [3.8, 4) is 11.4 Å². The average molecular weight is 208 g/mol. The summed E-state index contributed by atoms with van der Waals surface area (Å²) in [7, 11) is 0. The van der Waals surface area contributed by atoms with Gasteiger partial charge in [0.05, 0.1) is 0 Å². The summed E-state index contributed by atoms with van der Waals surface area (Å²) in [6.07, 6.45) is 0. The van der Waals surface area contributed by atoms with Crippen LogP contribution in [0.4, 0.5) is 10.4 Å². The standard InChI is InChI=1S/C9H9FN4O/c1-5-4-6(10)2-3-7(5)8-12-9(13-11)15-14-8/h2-4H,11H2,1H3,(H,12,13,14). The third-order valence-corrected chi connectivity index (χ3v) is 1.98. The Labute approximate surface area is 85.1 Å². The Bertz CT molecular complexity index is 483. The van der Waals surface area contributed by atoms with Gasteiger partial charge in [0, 0.05) is 5.56 Å². The van der Waals surface area contributed by atoms with Crippen molar-refractivity contribution >= 4 is 6.01 Å². The van der Waals surface area contributed by atoms with E-state index < -0.39 is 0 Å². The van der Waals surface area contributed by atoms with Crippen molar-refractivity contribution in [2.24, 2.45) is 5.84 Å². The summed E-state index contributed by atoms with van der Waals surface area (Å²) >= 11 is 0. The lowest BCUT2D eigenvalue weighted by Crippen LogP contribution is -2.06. The van der Waals surface area contributed by atoms with Crippen LogP contribution in [0.5, 0.6) is 0 Å². The zero-order valence-corrected chi connectivity index (χ0v) is 7.99. The van der Waals surface area contributed by atoms with Crippen LogP contribution in [0.25, 0.3) is 11.4 Å². The Morgan fingerprint density at radius 2 is 2.27 bits per heavy atom. The van der Waals surface area contributed by atoms with Crippen LogP contribution >= 0.6 is 0 Å². The van der Waals surface area contributed by atoms with E-state index in [1.807, 2.05) is 0 Å². The Kier molecular flexibility index (Phi) is 2.34. The molecule has 0 saturated heterocycles. The number of aryl methyl sites for hydroxylation is 1. The summed E-state index contributed by atoms with van der Waals surface area (Å²) in [4.78, 5) is 3.95. The predicted octanol–water partition coefficient (Wildman–Crippen LogP) is 1.47. The van der Waals surface area contributed by atoms with E-state index in [0.717, 1.165) is 5.56 Å². The Balaban J connectivity index is 2.44. The number of aromatic nitrogens is 2. The SMILES string of the molecule is Cc1cc(F)ccc1-c1noc(NN)n1. The number of nitrogens with zero attached hydrogens (tertiary/aromatic N) is 2. The molecule has 2 aromatic rings. The highest BCUT2D eigenvalue weighted by atomic mass is 19.1. The number of hydrogen-bond acceptors (Lipinski definition) is 5. The van der Waals surface area contributed by atoms with Gasteiger partial charge in [-0.15, -0.1) is 0 Å². The van der Waals surface area contributed by atoms with E-state index in [1.165, 1.54) is 12.1 Å². The van der Waals surface area contributed by atoms with Crippen LogP contribution in [0.1, 0.15) is 5.56 Å². The molecule has 1 aromatic carbocycles. The van der Waals surface area contributed by atoms with Crippen molar-refractivity contribution in [2.75, 3.05) is 5.43 Å². The molecule has 1 aromatic heterocycles. The van der Waals surface area contributed by atoms with Crippen molar-refractivity contribution in [1.29, 1.82) is 0 Å². The van der Waals surface area contributed by atoms with E-state index in [0.29, 0.717) is 11.4 Å². The van der Waals surface area contributed by atoms with E-state index in [4.69, 9.17) is 10.4 Å². The minimum Gasteiger partial charge on any atom is -0.314 e. The third kappa shape index (κ3) is 1.79. The van der Waals surface area contributed by atoms with Gasteiger partial charge in [-0.3, -0.25) is 5.43 Å². The van der Waals surface area contributed by atoms with Gasteiger partial charge in [-0.05, 0) is 30.7 Å². The first-order chi connectivity index (χ1) is 7.20. The normalized spacial score (nSPS) is 10.3. The fraction of sp³-hybridized carbons (Fsp3) is 0.111. The Hall–Kier alpha value is -1.95. The molecular weight excluding hydrogens is 199 g/mol. The zero-order chi connectivity index (χ0) is 10.8. The first-order valence-corrected chi connectivity index (χ1v) is 4.27. The fourth-order valence-electron chi connectivity index (χ4n) is 1.27. The van der Waals surface area contributed by atoms with Gasteiger partial charge in [-0.2, -0.15) is 4.98 Å². The lowest BCUT2D eigenvalue weighted by atomic mass is 10.1. The second-order valence-corrected chi connectivity index (χ2v) is 3.03. The van der Waals surface area contributed by atoms with Gasteiger partial charge in [0.1, 0.15) is 5.82 Å². The van der Waals surface area contributed by atoms with E-state index in [-0.39, 0.29) is 11.8 Å². The monoisotopic (exact) mass is 208 g/mol. The van der Waals surface area contributed by atoms with Crippen LogP contribution in [-0.2, 0) is 0 Å². The fourth-order valence-corrected chi connectivity index (χ4v) is 1.27. The smallest absolute Gasteiger partial charge is 0.314 e. The van der Waals surface area contributed by atoms with Crippen LogP contribution in [-0.4, -0.2) is 10.1 Å². The summed E-state index contributed by atoms with van der Waals surface area (Å²) in [6.45, 7) is 1.77. The summed E-state index contributed by atoms with van der Waals surface area (Å²) in [5.41, 5.74) is 3.68. The van der Waals surface area contributed by atoms with E-state index in [9.17, 15) is 4.39 Å². The predicted molar refractivity (Wildman–Crippen MR) is 52.2 cm³/mol. The second kappa shape index (κ2) is 3.66. The molecule has 0 aliphatic heterocycles. The van der Waals surface area contributed by atoms with Crippen LogP contribution in [0, 0.1) is 12.7 Å². The van der Waals surface area contributed by atoms with Gasteiger partial charge in [0.2, 0.25) is 5.82 Å². The molecule has 0 amide bonds. The topological polar surface area (TPSA) is 77.0 Å². The molecule has 5 nitrogen and oxygen atoms in total. The number of halogens is 1. The minimum absolute atomic E-state index is 0.119. The largest absolute Gasteiger partial charge is 0.335 e. The highest BCUT2D eigenvalue weighted by Gasteiger charge is 2.10. The average Bonchev–Trinajstić information content (AvgIpc) is 2.66. The zero-order valence-electron chi connectivity index (χ0n) is 7.99. The van der Waals surface area contributed by atoms with Crippen LogP contribution in [0.2, 0.25) is 0 Å². The number of nitrogen functional groups attached to an aromatic ring is 1. The van der Waals surface area contributed by atoms with Gasteiger partial charge in [0.15, 0.2) is 0 Å². The van der Waals surface area contributed by atoms with Crippen LogP contribution < -0.4 is 11.3 Å². The Morgan fingerprint density at radius 1 is 1.47 bits per heavy atom. The maximum Gasteiger partial charge on any atom is 0.335 e.